The zero-order valence-electron chi connectivity index (χ0n) is 31.8. The second kappa shape index (κ2) is 44.5. The van der Waals surface area contributed by atoms with Gasteiger partial charge < -0.3 is 47.5 Å². The average molecular weight is 718 g/mol. The van der Waals surface area contributed by atoms with Crippen LogP contribution in [0.2, 0.25) is 0 Å². The Bertz CT molecular complexity index is 491. The average Bonchev–Trinajstić information content (AvgIpc) is 3.08. The van der Waals surface area contributed by atoms with Crippen molar-refractivity contribution in [3.05, 3.63) is 0 Å². The highest BCUT2D eigenvalue weighted by atomic mass is 31.1. The van der Waals surface area contributed by atoms with Gasteiger partial charge in [-0.1, -0.05) is 0 Å². The minimum atomic E-state index is 0.0908. The number of hydrogen-bond acceptors (Lipinski definition) is 10. The van der Waals surface area contributed by atoms with Crippen LogP contribution in [0.15, 0.2) is 0 Å². The molecule has 0 amide bonds. The number of ether oxygens (including phenoxy) is 9. The summed E-state index contributed by atoms with van der Waals surface area (Å²) >= 11 is 0. The van der Waals surface area contributed by atoms with Crippen LogP contribution in [0.1, 0.15) is 53.4 Å². The van der Waals surface area contributed by atoms with Gasteiger partial charge in [0.15, 0.2) is 0 Å². The molecule has 0 rings (SSSR count). The van der Waals surface area contributed by atoms with Gasteiger partial charge in [0.2, 0.25) is 0 Å². The van der Waals surface area contributed by atoms with Crippen LogP contribution in [0, 0.1) is 0 Å². The van der Waals surface area contributed by atoms with E-state index in [1.54, 1.807) is 14.2 Å². The summed E-state index contributed by atoms with van der Waals surface area (Å²) in [6.45, 7) is 22.7. The Kier molecular flexibility index (Phi) is 46.9. The van der Waals surface area contributed by atoms with Gasteiger partial charge in [0.05, 0.1) is 52.9 Å². The molecule has 0 aromatic heterocycles. The third-order valence-corrected chi connectivity index (χ3v) is 12.5. The molecule has 0 unspecified atom stereocenters. The summed E-state index contributed by atoms with van der Waals surface area (Å²) in [5.41, 5.74) is 0. The molecule has 0 atom stereocenters. The van der Waals surface area contributed by atoms with E-state index in [4.69, 9.17) is 42.6 Å². The summed E-state index contributed by atoms with van der Waals surface area (Å²) in [5.74, 6) is 0. The second-order valence-corrected chi connectivity index (χ2v) is 16.4. The maximum absolute atomic E-state index is 5.57. The topological polar surface area (TPSA) is 86.3 Å². The Morgan fingerprint density at radius 3 is 0.894 bits per heavy atom. The van der Waals surface area contributed by atoms with Gasteiger partial charge in [-0.2, -0.15) is 0 Å². The SMILES string of the molecule is CCOCCCP(CCCOCC)CCN(C)CCP(CCCOCC)CCCOCC.COCCOCCOCCOCCOC. The first-order chi connectivity index (χ1) is 23.1. The maximum Gasteiger partial charge on any atom is 0.0701 e. The molecule has 0 bridgehead atoms. The van der Waals surface area contributed by atoms with Gasteiger partial charge in [0.1, 0.15) is 0 Å². The Labute approximate surface area is 293 Å². The van der Waals surface area contributed by atoms with Crippen LogP contribution in [0.25, 0.3) is 0 Å². The van der Waals surface area contributed by atoms with Gasteiger partial charge in [0.25, 0.3) is 0 Å². The van der Waals surface area contributed by atoms with Crippen molar-refractivity contribution in [1.29, 1.82) is 0 Å². The molecule has 12 heteroatoms. The molecular formula is C35H77NO9P2. The molecule has 0 saturated heterocycles. The molecule has 0 aliphatic rings. The standard InChI is InChI=1S/C25H55NO4P2.C10H22O5/c1-6-27-16-10-20-31(21-11-17-28-7-2)24-14-26(5)15-25-32(22-12-18-29-8-3)23-13-19-30-9-4;1-11-3-5-13-7-9-15-10-8-14-6-4-12-2/h6-25H2,1-5H3;3-10H2,1-2H3. The summed E-state index contributed by atoms with van der Waals surface area (Å²) in [6.07, 6.45) is 12.9. The minimum Gasteiger partial charge on any atom is -0.382 e. The molecule has 10 nitrogen and oxygen atoms in total. The Morgan fingerprint density at radius 1 is 0.362 bits per heavy atom. The molecule has 47 heavy (non-hydrogen) atoms. The van der Waals surface area contributed by atoms with Crippen LogP contribution in [0.3, 0.4) is 0 Å². The van der Waals surface area contributed by atoms with Crippen molar-refractivity contribution in [2.45, 2.75) is 53.4 Å². The molecule has 286 valence electrons. The lowest BCUT2D eigenvalue weighted by atomic mass is 10.5. The Morgan fingerprint density at radius 2 is 0.638 bits per heavy atom. The highest BCUT2D eigenvalue weighted by Gasteiger charge is 2.13. The van der Waals surface area contributed by atoms with E-state index in [1.807, 2.05) is 0 Å². The van der Waals surface area contributed by atoms with Gasteiger partial charge in [-0.05, 0) is 97.4 Å². The number of rotatable bonds is 38. The highest BCUT2D eigenvalue weighted by Crippen LogP contribution is 2.38. The monoisotopic (exact) mass is 718 g/mol. The van der Waals surface area contributed by atoms with Crippen LogP contribution in [0.5, 0.6) is 0 Å². The summed E-state index contributed by atoms with van der Waals surface area (Å²) in [6, 6.07) is 0. The van der Waals surface area contributed by atoms with E-state index < -0.39 is 0 Å². The summed E-state index contributed by atoms with van der Waals surface area (Å²) in [5, 5.41) is 0. The third-order valence-electron chi connectivity index (χ3n) is 7.07. The molecule has 0 heterocycles. The first-order valence-corrected chi connectivity index (χ1v) is 22.0. The van der Waals surface area contributed by atoms with Gasteiger partial charge in [-0.25, -0.2) is 0 Å². The highest BCUT2D eigenvalue weighted by molar-refractivity contribution is 7.57. The Hall–Kier alpha value is 0.460. The van der Waals surface area contributed by atoms with E-state index in [9.17, 15) is 0 Å². The smallest absolute Gasteiger partial charge is 0.0701 e. The first-order valence-electron chi connectivity index (χ1n) is 18.2. The van der Waals surface area contributed by atoms with Crippen molar-refractivity contribution in [3.8, 4) is 0 Å². The predicted molar refractivity (Wildman–Crippen MR) is 201 cm³/mol. The second-order valence-electron chi connectivity index (χ2n) is 11.0. The minimum absolute atomic E-state index is 0.0908. The molecular weight excluding hydrogens is 640 g/mol. The Balaban J connectivity index is 0. The summed E-state index contributed by atoms with van der Waals surface area (Å²) in [4.78, 5) is 2.58. The molecule has 0 radical (unpaired) electrons. The van der Waals surface area contributed by atoms with Crippen molar-refractivity contribution >= 4 is 15.8 Å². The van der Waals surface area contributed by atoms with Crippen molar-refractivity contribution in [2.75, 3.05) is 177 Å². The number of hydrogen-bond donors (Lipinski definition) is 0. The number of nitrogens with zero attached hydrogens (tertiary/aromatic N) is 1. The zero-order chi connectivity index (χ0) is 34.9. The van der Waals surface area contributed by atoms with Crippen molar-refractivity contribution in [2.24, 2.45) is 0 Å². The van der Waals surface area contributed by atoms with E-state index in [1.165, 1.54) is 75.7 Å². The van der Waals surface area contributed by atoms with E-state index in [-0.39, 0.29) is 15.8 Å². The fourth-order valence-corrected chi connectivity index (χ4v) is 9.27. The molecule has 0 saturated carbocycles. The van der Waals surface area contributed by atoms with Crippen LogP contribution in [0.4, 0.5) is 0 Å². The third kappa shape index (κ3) is 42.5. The fraction of sp³-hybridized carbons (Fsp3) is 1.00. The molecule has 0 aromatic carbocycles. The maximum atomic E-state index is 5.57. The van der Waals surface area contributed by atoms with Crippen LogP contribution >= 0.6 is 15.8 Å². The van der Waals surface area contributed by atoms with Crippen molar-refractivity contribution in [3.63, 3.8) is 0 Å². The van der Waals surface area contributed by atoms with E-state index in [0.29, 0.717) is 52.9 Å². The molecule has 0 aliphatic carbocycles. The van der Waals surface area contributed by atoms with Gasteiger partial charge in [-0.15, -0.1) is 15.8 Å². The normalized spacial score (nSPS) is 11.6. The molecule has 0 aliphatic heterocycles. The largest absolute Gasteiger partial charge is 0.382 e. The molecule has 0 fully saturated rings. The first kappa shape index (κ1) is 49.6. The van der Waals surface area contributed by atoms with Gasteiger partial charge in [-0.3, -0.25) is 0 Å². The lowest BCUT2D eigenvalue weighted by Gasteiger charge is -2.25. The van der Waals surface area contributed by atoms with Crippen molar-refractivity contribution < 1.29 is 42.6 Å². The zero-order valence-corrected chi connectivity index (χ0v) is 33.6. The van der Waals surface area contributed by atoms with Crippen LogP contribution in [-0.4, -0.2) is 182 Å². The fourth-order valence-electron chi connectivity index (χ4n) is 4.37. The van der Waals surface area contributed by atoms with Crippen LogP contribution < -0.4 is 0 Å². The van der Waals surface area contributed by atoms with Gasteiger partial charge in [0, 0.05) is 80.2 Å². The molecule has 0 N–H and O–H groups in total. The predicted octanol–water partition coefficient (Wildman–Crippen LogP) is 5.92. The van der Waals surface area contributed by atoms with E-state index in [2.05, 4.69) is 39.6 Å². The summed E-state index contributed by atoms with van der Waals surface area (Å²) < 4.78 is 47.6. The summed E-state index contributed by atoms with van der Waals surface area (Å²) in [7, 11) is 5.80. The van der Waals surface area contributed by atoms with Gasteiger partial charge >= 0.3 is 0 Å². The van der Waals surface area contributed by atoms with E-state index in [0.717, 1.165) is 52.9 Å². The van der Waals surface area contributed by atoms with Crippen LogP contribution in [-0.2, 0) is 42.6 Å². The van der Waals surface area contributed by atoms with E-state index >= 15 is 0 Å². The number of methoxy groups -OCH3 is 2. The molecule has 0 aromatic rings. The quantitative estimate of drug-likeness (QED) is 0.0567. The lowest BCUT2D eigenvalue weighted by Crippen LogP contribution is -2.26. The molecule has 0 spiro atoms. The van der Waals surface area contributed by atoms with Crippen molar-refractivity contribution in [1.82, 2.24) is 4.90 Å². The lowest BCUT2D eigenvalue weighted by molar-refractivity contribution is -0.00380.